The molecule has 5 nitrogen and oxygen atoms in total. The highest BCUT2D eigenvalue weighted by Crippen LogP contribution is 2.37. The summed E-state index contributed by atoms with van der Waals surface area (Å²) in [4.78, 5) is 4.07. The van der Waals surface area contributed by atoms with E-state index in [0.717, 1.165) is 12.8 Å². The Morgan fingerprint density at radius 2 is 2.08 bits per heavy atom. The van der Waals surface area contributed by atoms with Gasteiger partial charge in [0.05, 0.1) is 13.2 Å². The van der Waals surface area contributed by atoms with E-state index in [0.29, 0.717) is 6.54 Å². The van der Waals surface area contributed by atoms with Crippen molar-refractivity contribution in [2.75, 3.05) is 13.2 Å². The van der Waals surface area contributed by atoms with Crippen LogP contribution >= 0.6 is 0 Å². The number of nitrogens with zero attached hydrogens (tertiary/aromatic N) is 1. The van der Waals surface area contributed by atoms with Crippen LogP contribution in [0.3, 0.4) is 0 Å². The van der Waals surface area contributed by atoms with Gasteiger partial charge < -0.3 is 10.8 Å². The van der Waals surface area contributed by atoms with Gasteiger partial charge in [-0.25, -0.2) is 5.84 Å². The minimum atomic E-state index is -0.0402. The number of hydrogen-bond donors (Lipinski definition) is 4. The van der Waals surface area contributed by atoms with E-state index in [1.165, 1.54) is 12.8 Å². The number of aliphatic imine (C=N–C) groups is 1. The van der Waals surface area contributed by atoms with E-state index in [1.807, 2.05) is 0 Å². The molecule has 1 saturated carbocycles. The first-order valence-corrected chi connectivity index (χ1v) is 4.60. The van der Waals surface area contributed by atoms with Crippen LogP contribution in [-0.2, 0) is 0 Å². The van der Waals surface area contributed by atoms with Crippen molar-refractivity contribution in [2.45, 2.75) is 25.7 Å². The molecule has 0 aromatic rings. The lowest BCUT2D eigenvalue weighted by Crippen LogP contribution is -2.38. The summed E-state index contributed by atoms with van der Waals surface area (Å²) in [7, 11) is 0. The summed E-state index contributed by atoms with van der Waals surface area (Å²) in [5.74, 6) is 5.31. The molecular formula is C8H18N4O. The normalized spacial score (nSPS) is 21.8. The Balaban J connectivity index is 2.48. The lowest BCUT2D eigenvalue weighted by atomic mass is 9.87. The van der Waals surface area contributed by atoms with Gasteiger partial charge in [0, 0.05) is 5.41 Å². The molecule has 6 N–H and O–H groups in total. The molecule has 0 radical (unpaired) electrons. The maximum absolute atomic E-state index is 9.24. The first-order chi connectivity index (χ1) is 6.22. The van der Waals surface area contributed by atoms with Crippen LogP contribution in [0.2, 0.25) is 0 Å². The van der Waals surface area contributed by atoms with Crippen molar-refractivity contribution in [3.8, 4) is 0 Å². The van der Waals surface area contributed by atoms with Gasteiger partial charge in [0.1, 0.15) is 0 Å². The van der Waals surface area contributed by atoms with Crippen LogP contribution in [0.25, 0.3) is 0 Å². The summed E-state index contributed by atoms with van der Waals surface area (Å²) >= 11 is 0. The summed E-state index contributed by atoms with van der Waals surface area (Å²) in [6, 6.07) is 0. The average Bonchev–Trinajstić information content (AvgIpc) is 2.63. The second kappa shape index (κ2) is 4.43. The van der Waals surface area contributed by atoms with Crippen LogP contribution in [0.1, 0.15) is 25.7 Å². The van der Waals surface area contributed by atoms with Gasteiger partial charge in [-0.15, -0.1) is 0 Å². The van der Waals surface area contributed by atoms with Gasteiger partial charge in [-0.2, -0.15) is 0 Å². The van der Waals surface area contributed by atoms with Gasteiger partial charge in [-0.3, -0.25) is 10.4 Å². The highest BCUT2D eigenvalue weighted by molar-refractivity contribution is 5.77. The number of guanidine groups is 1. The number of nitrogens with one attached hydrogen (secondary N) is 1. The number of aliphatic hydroxyl groups excluding tert-OH is 1. The van der Waals surface area contributed by atoms with Gasteiger partial charge in [-0.05, 0) is 12.8 Å². The number of hydrazine groups is 1. The number of aliphatic hydroxyl groups is 1. The minimum Gasteiger partial charge on any atom is -0.396 e. The zero-order chi connectivity index (χ0) is 9.73. The Morgan fingerprint density at radius 3 is 2.54 bits per heavy atom. The molecule has 0 saturated heterocycles. The SMILES string of the molecule is NNC(N)=NCC1(CO)CCCC1. The summed E-state index contributed by atoms with van der Waals surface area (Å²) < 4.78 is 0. The maximum atomic E-state index is 9.24. The van der Waals surface area contributed by atoms with E-state index in [2.05, 4.69) is 10.4 Å². The van der Waals surface area contributed by atoms with Crippen molar-refractivity contribution in [2.24, 2.45) is 22.0 Å². The molecule has 0 aliphatic heterocycles. The quantitative estimate of drug-likeness (QED) is 0.203. The average molecular weight is 186 g/mol. The largest absolute Gasteiger partial charge is 0.396 e. The lowest BCUT2D eigenvalue weighted by Gasteiger charge is -2.23. The monoisotopic (exact) mass is 186 g/mol. The fraction of sp³-hybridized carbons (Fsp3) is 0.875. The third-order valence-electron chi connectivity index (χ3n) is 2.73. The van der Waals surface area contributed by atoms with E-state index in [1.54, 1.807) is 0 Å². The van der Waals surface area contributed by atoms with E-state index < -0.39 is 0 Å². The zero-order valence-electron chi connectivity index (χ0n) is 7.79. The molecule has 1 aliphatic rings. The van der Waals surface area contributed by atoms with Gasteiger partial charge in [0.25, 0.3) is 0 Å². The molecular weight excluding hydrogens is 168 g/mol. The van der Waals surface area contributed by atoms with Gasteiger partial charge in [-0.1, -0.05) is 12.8 Å². The Hall–Kier alpha value is -0.810. The van der Waals surface area contributed by atoms with Crippen molar-refractivity contribution in [3.05, 3.63) is 0 Å². The summed E-state index contributed by atoms with van der Waals surface area (Å²) in [5.41, 5.74) is 7.63. The third kappa shape index (κ3) is 2.57. The second-order valence-corrected chi connectivity index (χ2v) is 3.71. The zero-order valence-corrected chi connectivity index (χ0v) is 7.79. The van der Waals surface area contributed by atoms with Gasteiger partial charge >= 0.3 is 0 Å². The highest BCUT2D eigenvalue weighted by atomic mass is 16.3. The second-order valence-electron chi connectivity index (χ2n) is 3.71. The van der Waals surface area contributed by atoms with Crippen molar-refractivity contribution < 1.29 is 5.11 Å². The van der Waals surface area contributed by atoms with Crippen LogP contribution in [0, 0.1) is 5.41 Å². The standard InChI is InChI=1S/C8H18N4O/c9-7(12-10)11-5-8(6-13)3-1-2-4-8/h13H,1-6,10H2,(H3,9,11,12). The van der Waals surface area contributed by atoms with Crippen molar-refractivity contribution in [1.29, 1.82) is 0 Å². The molecule has 1 aliphatic carbocycles. The predicted octanol–water partition coefficient (Wildman–Crippen LogP) is -0.683. The number of hydrogen-bond acceptors (Lipinski definition) is 3. The number of rotatable bonds is 3. The molecule has 1 rings (SSSR count). The molecule has 5 heteroatoms. The Morgan fingerprint density at radius 1 is 1.46 bits per heavy atom. The fourth-order valence-electron chi connectivity index (χ4n) is 1.79. The van der Waals surface area contributed by atoms with Gasteiger partial charge in [0.15, 0.2) is 0 Å². The molecule has 0 spiro atoms. The van der Waals surface area contributed by atoms with E-state index in [9.17, 15) is 5.11 Å². The van der Waals surface area contributed by atoms with Crippen LogP contribution in [0.4, 0.5) is 0 Å². The van der Waals surface area contributed by atoms with E-state index >= 15 is 0 Å². The predicted molar refractivity (Wildman–Crippen MR) is 51.8 cm³/mol. The van der Waals surface area contributed by atoms with Gasteiger partial charge in [0.2, 0.25) is 5.96 Å². The van der Waals surface area contributed by atoms with Crippen LogP contribution < -0.4 is 17.0 Å². The Kier molecular flexibility index (Phi) is 3.50. The first kappa shape index (κ1) is 10.3. The molecule has 0 bridgehead atoms. The smallest absolute Gasteiger partial charge is 0.203 e. The van der Waals surface area contributed by atoms with E-state index in [-0.39, 0.29) is 18.0 Å². The van der Waals surface area contributed by atoms with E-state index in [4.69, 9.17) is 11.6 Å². The maximum Gasteiger partial charge on any atom is 0.203 e. The van der Waals surface area contributed by atoms with Crippen molar-refractivity contribution >= 4 is 5.96 Å². The Bertz CT molecular complexity index is 187. The fourth-order valence-corrected chi connectivity index (χ4v) is 1.79. The molecule has 0 aromatic heterocycles. The topological polar surface area (TPSA) is 96.7 Å². The minimum absolute atomic E-state index is 0.0402. The summed E-state index contributed by atoms with van der Waals surface area (Å²) in [5, 5.41) is 9.24. The Labute approximate surface area is 78.2 Å². The molecule has 0 amide bonds. The highest BCUT2D eigenvalue weighted by Gasteiger charge is 2.32. The molecule has 13 heavy (non-hydrogen) atoms. The molecule has 0 heterocycles. The van der Waals surface area contributed by atoms with Crippen molar-refractivity contribution in [1.82, 2.24) is 5.43 Å². The summed E-state index contributed by atoms with van der Waals surface area (Å²) in [6.07, 6.45) is 4.41. The molecule has 0 atom stereocenters. The van der Waals surface area contributed by atoms with Crippen molar-refractivity contribution in [3.63, 3.8) is 0 Å². The van der Waals surface area contributed by atoms with Crippen LogP contribution in [0.15, 0.2) is 4.99 Å². The molecule has 0 unspecified atom stereocenters. The molecule has 0 aromatic carbocycles. The first-order valence-electron chi connectivity index (χ1n) is 4.60. The van der Waals surface area contributed by atoms with Crippen LogP contribution in [0.5, 0.6) is 0 Å². The lowest BCUT2D eigenvalue weighted by molar-refractivity contribution is 0.138. The summed E-state index contributed by atoms with van der Waals surface area (Å²) in [6.45, 7) is 0.758. The third-order valence-corrected chi connectivity index (χ3v) is 2.73. The van der Waals surface area contributed by atoms with Crippen LogP contribution in [-0.4, -0.2) is 24.2 Å². The molecule has 76 valence electrons. The number of nitrogens with two attached hydrogens (primary N) is 2. The molecule has 1 fully saturated rings.